The molecule has 0 bridgehead atoms. The van der Waals surface area contributed by atoms with Crippen LogP contribution in [0.15, 0.2) is 72.0 Å². The number of fused-ring (bicyclic) bond motifs is 1. The van der Waals surface area contributed by atoms with Crippen LogP contribution < -0.4 is 5.01 Å². The third kappa shape index (κ3) is 2.80. The number of ether oxygens (including phenoxy) is 1. The van der Waals surface area contributed by atoms with Crippen molar-refractivity contribution in [1.29, 1.82) is 0 Å². The van der Waals surface area contributed by atoms with Gasteiger partial charge in [0.05, 0.1) is 23.7 Å². The van der Waals surface area contributed by atoms with E-state index in [2.05, 4.69) is 10.1 Å². The molecule has 0 radical (unpaired) electrons. The number of hydrogen-bond donors (Lipinski definition) is 1. The third-order valence-electron chi connectivity index (χ3n) is 5.41. The molecular weight excluding hydrogens is 366 g/mol. The number of aromatic hydroxyl groups is 1. The van der Waals surface area contributed by atoms with E-state index in [0.29, 0.717) is 29.3 Å². The Hall–Kier alpha value is -3.51. The molecule has 3 heterocycles. The van der Waals surface area contributed by atoms with Gasteiger partial charge in [0.15, 0.2) is 0 Å². The lowest BCUT2D eigenvalue weighted by atomic mass is 9.87. The molecule has 2 aliphatic heterocycles. The van der Waals surface area contributed by atoms with Crippen molar-refractivity contribution in [3.63, 3.8) is 0 Å². The maximum atomic E-state index is 13.5. The predicted molar refractivity (Wildman–Crippen MR) is 109 cm³/mol. The summed E-state index contributed by atoms with van der Waals surface area (Å²) in [7, 11) is 0. The number of rotatable bonds is 3. The molecule has 1 amide bonds. The lowest BCUT2D eigenvalue weighted by Gasteiger charge is -2.21. The molecule has 0 aliphatic carbocycles. The van der Waals surface area contributed by atoms with Crippen molar-refractivity contribution in [1.82, 2.24) is 4.98 Å². The Bertz CT molecular complexity index is 1110. The van der Waals surface area contributed by atoms with Gasteiger partial charge in [0, 0.05) is 17.3 Å². The van der Waals surface area contributed by atoms with Crippen molar-refractivity contribution in [3.05, 3.63) is 89.2 Å². The molecule has 6 heteroatoms. The summed E-state index contributed by atoms with van der Waals surface area (Å²) in [5.41, 5.74) is 4.13. The van der Waals surface area contributed by atoms with E-state index in [9.17, 15) is 9.90 Å². The molecule has 2 aliphatic rings. The average Bonchev–Trinajstić information content (AvgIpc) is 3.33. The number of hydrazone groups is 1. The van der Waals surface area contributed by atoms with E-state index in [0.717, 1.165) is 11.1 Å². The minimum Gasteiger partial charge on any atom is -0.506 e. The fraction of sp³-hybridized carbons (Fsp3) is 0.174. The van der Waals surface area contributed by atoms with Crippen molar-refractivity contribution < 1.29 is 14.6 Å². The lowest BCUT2D eigenvalue weighted by molar-refractivity contribution is -0.123. The van der Waals surface area contributed by atoms with Gasteiger partial charge in [0.1, 0.15) is 17.8 Å². The minimum absolute atomic E-state index is 0.0865. The molecule has 5 rings (SSSR count). The lowest BCUT2D eigenvalue weighted by Crippen LogP contribution is -2.32. The van der Waals surface area contributed by atoms with Gasteiger partial charge in [-0.05, 0) is 24.6 Å². The van der Waals surface area contributed by atoms with Crippen LogP contribution in [0, 0.1) is 12.8 Å². The normalized spacial score (nSPS) is 20.7. The van der Waals surface area contributed by atoms with Gasteiger partial charge < -0.3 is 9.84 Å². The van der Waals surface area contributed by atoms with E-state index in [1.807, 2.05) is 60.7 Å². The summed E-state index contributed by atoms with van der Waals surface area (Å²) in [5, 5.41) is 16.8. The summed E-state index contributed by atoms with van der Waals surface area (Å²) >= 11 is 0. The molecular formula is C23H19N3O3. The molecule has 1 aromatic heterocycles. The van der Waals surface area contributed by atoms with Crippen LogP contribution in [0.4, 0.5) is 5.69 Å². The second-order valence-electron chi connectivity index (χ2n) is 7.18. The van der Waals surface area contributed by atoms with Crippen LogP contribution in [0.5, 0.6) is 5.75 Å². The topological polar surface area (TPSA) is 75.0 Å². The monoisotopic (exact) mass is 385 g/mol. The Morgan fingerprint density at radius 2 is 1.76 bits per heavy atom. The molecule has 144 valence electrons. The van der Waals surface area contributed by atoms with Crippen LogP contribution >= 0.6 is 0 Å². The van der Waals surface area contributed by atoms with Gasteiger partial charge in [-0.25, -0.2) is 0 Å². The highest BCUT2D eigenvalue weighted by molar-refractivity contribution is 6.22. The number of benzene rings is 2. The third-order valence-corrected chi connectivity index (χ3v) is 5.41. The number of carbonyl (C=O) groups is 1. The number of aryl methyl sites for hydroxylation is 1. The largest absolute Gasteiger partial charge is 0.506 e. The van der Waals surface area contributed by atoms with Crippen LogP contribution in [0.1, 0.15) is 28.5 Å². The molecule has 0 unspecified atom stereocenters. The second kappa shape index (κ2) is 6.83. The number of amides is 1. The number of anilines is 1. The molecule has 2 aromatic carbocycles. The minimum atomic E-state index is -0.661. The SMILES string of the molecule is Cc1ncc2c(c1O)[C@@H]([C@H]1C(=O)N(c3ccccc3)N=C1c1ccccc1)OC2. The van der Waals surface area contributed by atoms with Gasteiger partial charge in [-0.2, -0.15) is 10.1 Å². The first-order valence-corrected chi connectivity index (χ1v) is 9.47. The van der Waals surface area contributed by atoms with E-state index in [-0.39, 0.29) is 11.7 Å². The average molecular weight is 385 g/mol. The number of para-hydroxylation sites is 1. The fourth-order valence-corrected chi connectivity index (χ4v) is 3.95. The molecule has 0 fully saturated rings. The van der Waals surface area contributed by atoms with Crippen molar-refractivity contribution in [2.24, 2.45) is 11.0 Å². The van der Waals surface area contributed by atoms with Crippen LogP contribution in [0.25, 0.3) is 0 Å². The molecule has 0 spiro atoms. The highest BCUT2D eigenvalue weighted by Gasteiger charge is 2.47. The Balaban J connectivity index is 1.64. The van der Waals surface area contributed by atoms with Crippen LogP contribution in [0.3, 0.4) is 0 Å². The zero-order valence-electron chi connectivity index (χ0n) is 15.8. The molecule has 0 saturated carbocycles. The highest BCUT2D eigenvalue weighted by atomic mass is 16.5. The standard InChI is InChI=1S/C23H19N3O3/c1-14-21(27)18-16(12-24-14)13-29-22(18)19-20(15-8-4-2-5-9-15)25-26(23(19)28)17-10-6-3-7-11-17/h2-12,19,22,27H,13H2,1H3/t19-,22-/m0/s1. The first-order valence-electron chi connectivity index (χ1n) is 9.47. The first kappa shape index (κ1) is 17.6. The summed E-state index contributed by atoms with van der Waals surface area (Å²) in [6.45, 7) is 2.04. The number of carbonyl (C=O) groups excluding carboxylic acids is 1. The Morgan fingerprint density at radius 1 is 1.07 bits per heavy atom. The molecule has 1 N–H and O–H groups in total. The maximum absolute atomic E-state index is 13.5. The summed E-state index contributed by atoms with van der Waals surface area (Å²) in [6.07, 6.45) is 1.09. The number of nitrogens with zero attached hydrogens (tertiary/aromatic N) is 3. The van der Waals surface area contributed by atoms with Crippen LogP contribution in [-0.4, -0.2) is 21.7 Å². The van der Waals surface area contributed by atoms with E-state index in [1.54, 1.807) is 13.1 Å². The van der Waals surface area contributed by atoms with Gasteiger partial charge >= 0.3 is 0 Å². The van der Waals surface area contributed by atoms with Gasteiger partial charge in [-0.15, -0.1) is 0 Å². The summed E-state index contributed by atoms with van der Waals surface area (Å²) in [4.78, 5) is 17.7. The molecule has 2 atom stereocenters. The Morgan fingerprint density at radius 3 is 2.48 bits per heavy atom. The Kier molecular flexibility index (Phi) is 4.14. The van der Waals surface area contributed by atoms with Crippen molar-refractivity contribution >= 4 is 17.3 Å². The van der Waals surface area contributed by atoms with E-state index in [4.69, 9.17) is 4.74 Å². The molecule has 6 nitrogen and oxygen atoms in total. The van der Waals surface area contributed by atoms with E-state index < -0.39 is 12.0 Å². The molecule has 3 aromatic rings. The summed E-state index contributed by atoms with van der Waals surface area (Å²) in [6, 6.07) is 19.0. The van der Waals surface area contributed by atoms with Crippen molar-refractivity contribution in [2.45, 2.75) is 19.6 Å². The number of pyridine rings is 1. The highest BCUT2D eigenvalue weighted by Crippen LogP contribution is 2.45. The summed E-state index contributed by atoms with van der Waals surface area (Å²) in [5.74, 6) is -0.753. The fourth-order valence-electron chi connectivity index (χ4n) is 3.95. The van der Waals surface area contributed by atoms with E-state index in [1.165, 1.54) is 5.01 Å². The van der Waals surface area contributed by atoms with E-state index >= 15 is 0 Å². The second-order valence-corrected chi connectivity index (χ2v) is 7.18. The zero-order chi connectivity index (χ0) is 20.0. The van der Waals surface area contributed by atoms with Gasteiger partial charge in [0.2, 0.25) is 0 Å². The summed E-state index contributed by atoms with van der Waals surface area (Å²) < 4.78 is 6.02. The maximum Gasteiger partial charge on any atom is 0.259 e. The van der Waals surface area contributed by atoms with Crippen LogP contribution in [0.2, 0.25) is 0 Å². The molecule has 29 heavy (non-hydrogen) atoms. The van der Waals surface area contributed by atoms with Crippen molar-refractivity contribution in [3.8, 4) is 5.75 Å². The first-order chi connectivity index (χ1) is 14.1. The number of hydrogen-bond acceptors (Lipinski definition) is 5. The predicted octanol–water partition coefficient (Wildman–Crippen LogP) is 3.73. The van der Waals surface area contributed by atoms with Gasteiger partial charge in [0.25, 0.3) is 5.91 Å². The molecule has 0 saturated heterocycles. The Labute approximate surface area is 168 Å². The van der Waals surface area contributed by atoms with Crippen molar-refractivity contribution in [2.75, 3.05) is 5.01 Å². The van der Waals surface area contributed by atoms with Gasteiger partial charge in [-0.3, -0.25) is 9.78 Å². The van der Waals surface area contributed by atoms with Gasteiger partial charge in [-0.1, -0.05) is 48.5 Å². The quantitative estimate of drug-likeness (QED) is 0.745. The zero-order valence-corrected chi connectivity index (χ0v) is 15.8. The van der Waals surface area contributed by atoms with Crippen LogP contribution in [-0.2, 0) is 16.1 Å². The number of aromatic nitrogens is 1. The smallest absolute Gasteiger partial charge is 0.259 e.